The van der Waals surface area contributed by atoms with Crippen LogP contribution in [-0.4, -0.2) is 122 Å². The zero-order chi connectivity index (χ0) is 42.6. The van der Waals surface area contributed by atoms with Gasteiger partial charge in [0.15, 0.2) is 0 Å². The summed E-state index contributed by atoms with van der Waals surface area (Å²) in [6, 6.07) is 6.15. The number of benzene rings is 3. The molecular weight excluding hydrogens is 786 g/mol. The van der Waals surface area contributed by atoms with Gasteiger partial charge < -0.3 is 9.80 Å². The standard InChI is InChI=1S/C44H48F5N7O4/c1-24-4-5-28-29(32(24)21-50-3)16-25(2)55(23-38(48)49)41(28)40-34(46)17-27(18-35(40)47)53-10-8-26(9-11-53)22-52-12-14-54(15-13-52)37-20-31-30(19-33(37)45)43(59)56(44(31)60)36-6-7-39(57)51-42(36)58/h4-5,17-21,25-26,36,38,41H,6-16,22-23H2,1-3H3,(H,51,57,58)/t25-,36?,41?/m1/s1. The van der Waals surface area contributed by atoms with Crippen LogP contribution in [0.15, 0.2) is 41.4 Å². The molecule has 0 bridgehead atoms. The van der Waals surface area contributed by atoms with E-state index < -0.39 is 72.2 Å². The number of halogens is 5. The number of rotatable bonds is 9. The van der Waals surface area contributed by atoms with Crippen LogP contribution in [0.3, 0.4) is 0 Å². The number of nitrogens with one attached hydrogen (secondary N) is 1. The lowest BCUT2D eigenvalue weighted by Crippen LogP contribution is -2.54. The maximum Gasteiger partial charge on any atom is 0.262 e. The lowest BCUT2D eigenvalue weighted by molar-refractivity contribution is -0.136. The van der Waals surface area contributed by atoms with E-state index in [4.69, 9.17) is 0 Å². The number of aryl methyl sites for hydroxylation is 1. The van der Waals surface area contributed by atoms with Crippen molar-refractivity contribution < 1.29 is 41.1 Å². The van der Waals surface area contributed by atoms with Crippen molar-refractivity contribution in [1.29, 1.82) is 0 Å². The fourth-order valence-electron chi connectivity index (χ4n) is 9.85. The molecule has 5 aliphatic heterocycles. The molecule has 8 rings (SSSR count). The number of fused-ring (bicyclic) bond motifs is 2. The predicted molar refractivity (Wildman–Crippen MR) is 215 cm³/mol. The van der Waals surface area contributed by atoms with Gasteiger partial charge in [-0.1, -0.05) is 12.1 Å². The summed E-state index contributed by atoms with van der Waals surface area (Å²) in [5.74, 6) is -4.54. The molecule has 2 unspecified atom stereocenters. The third-order valence-electron chi connectivity index (χ3n) is 13.0. The van der Waals surface area contributed by atoms with Crippen molar-refractivity contribution in [2.45, 2.75) is 70.5 Å². The summed E-state index contributed by atoms with van der Waals surface area (Å²) >= 11 is 0. The Morgan fingerprint density at radius 3 is 2.15 bits per heavy atom. The highest BCUT2D eigenvalue weighted by Crippen LogP contribution is 2.43. The van der Waals surface area contributed by atoms with Gasteiger partial charge in [0.1, 0.15) is 23.5 Å². The van der Waals surface area contributed by atoms with Crippen LogP contribution in [-0.2, 0) is 16.0 Å². The van der Waals surface area contributed by atoms with Gasteiger partial charge >= 0.3 is 0 Å². The highest BCUT2D eigenvalue weighted by molar-refractivity contribution is 6.23. The number of nitrogens with zero attached hydrogens (tertiary/aromatic N) is 6. The van der Waals surface area contributed by atoms with Crippen molar-refractivity contribution in [3.05, 3.63) is 92.8 Å². The molecule has 5 aliphatic rings. The third-order valence-corrected chi connectivity index (χ3v) is 13.0. The molecule has 3 fully saturated rings. The van der Waals surface area contributed by atoms with Crippen molar-refractivity contribution in [3.8, 4) is 0 Å². The Bertz CT molecular complexity index is 2230. The SMILES string of the molecule is CN=Cc1c(C)ccc2c1C[C@@H](C)N(CC(F)F)C2c1c(F)cc(N2CCC(CN3CCN(c4cc5c(cc4F)C(=O)N(C4CCC(=O)NC4=O)C5=O)CC3)CC2)cc1F. The highest BCUT2D eigenvalue weighted by atomic mass is 19.3. The Kier molecular flexibility index (Phi) is 11.5. The Balaban J connectivity index is 0.900. The summed E-state index contributed by atoms with van der Waals surface area (Å²) in [6.45, 7) is 7.26. The van der Waals surface area contributed by atoms with Crippen molar-refractivity contribution in [1.82, 2.24) is 20.0 Å². The van der Waals surface area contributed by atoms with Crippen molar-refractivity contribution in [2.75, 3.05) is 69.2 Å². The Morgan fingerprint density at radius 2 is 1.52 bits per heavy atom. The Hall–Kier alpha value is -5.22. The second kappa shape index (κ2) is 16.7. The average molecular weight is 834 g/mol. The predicted octanol–water partition coefficient (Wildman–Crippen LogP) is 5.50. The maximum atomic E-state index is 16.3. The highest BCUT2D eigenvalue weighted by Gasteiger charge is 2.46. The molecule has 0 spiro atoms. The Labute approximate surface area is 345 Å². The molecule has 3 atom stereocenters. The molecule has 318 valence electrons. The maximum absolute atomic E-state index is 16.3. The van der Waals surface area contributed by atoms with Crippen molar-refractivity contribution in [3.63, 3.8) is 0 Å². The van der Waals surface area contributed by atoms with Crippen LogP contribution in [0.5, 0.6) is 0 Å². The van der Waals surface area contributed by atoms with Gasteiger partial charge in [-0.3, -0.25) is 44.2 Å². The van der Waals surface area contributed by atoms with Gasteiger partial charge in [0.05, 0.1) is 29.4 Å². The summed E-state index contributed by atoms with van der Waals surface area (Å²) in [7, 11) is 1.65. The molecule has 0 saturated carbocycles. The average Bonchev–Trinajstić information content (AvgIpc) is 3.44. The number of amides is 4. The first-order valence-electron chi connectivity index (χ1n) is 20.6. The van der Waals surface area contributed by atoms with E-state index in [1.807, 2.05) is 29.7 Å². The van der Waals surface area contributed by atoms with Crippen LogP contribution >= 0.6 is 0 Å². The second-order valence-electron chi connectivity index (χ2n) is 16.6. The molecular formula is C44H48F5N7O4. The second-order valence-corrected chi connectivity index (χ2v) is 16.6. The van der Waals surface area contributed by atoms with Gasteiger partial charge in [-0.05, 0) is 92.0 Å². The van der Waals surface area contributed by atoms with Gasteiger partial charge in [0, 0.05) is 82.8 Å². The number of anilines is 2. The number of aliphatic imine (C=N–C) groups is 1. The zero-order valence-electron chi connectivity index (χ0n) is 33.8. The monoisotopic (exact) mass is 833 g/mol. The van der Waals surface area contributed by atoms with Crippen molar-refractivity contribution >= 4 is 41.2 Å². The minimum absolute atomic E-state index is 0.00916. The van der Waals surface area contributed by atoms with Crippen LogP contribution in [0.1, 0.15) is 87.2 Å². The molecule has 0 aliphatic carbocycles. The van der Waals surface area contributed by atoms with E-state index in [9.17, 15) is 28.0 Å². The van der Waals surface area contributed by atoms with E-state index in [0.717, 1.165) is 47.0 Å². The van der Waals surface area contributed by atoms with E-state index in [2.05, 4.69) is 15.2 Å². The molecule has 3 saturated heterocycles. The van der Waals surface area contributed by atoms with E-state index in [1.165, 1.54) is 23.1 Å². The summed E-state index contributed by atoms with van der Waals surface area (Å²) in [4.78, 5) is 63.1. The van der Waals surface area contributed by atoms with E-state index in [-0.39, 0.29) is 35.2 Å². The number of piperidine rings is 2. The van der Waals surface area contributed by atoms with Crippen LogP contribution in [0.25, 0.3) is 0 Å². The summed E-state index contributed by atoms with van der Waals surface area (Å²) in [6.07, 6.45) is 1.02. The van der Waals surface area contributed by atoms with Gasteiger partial charge in [-0.25, -0.2) is 22.0 Å². The van der Waals surface area contributed by atoms with Crippen LogP contribution in [0.4, 0.5) is 33.3 Å². The topological polar surface area (TPSA) is 109 Å². The summed E-state index contributed by atoms with van der Waals surface area (Å²) in [5, 5.41) is 2.16. The molecule has 16 heteroatoms. The fourth-order valence-corrected chi connectivity index (χ4v) is 9.85. The molecule has 11 nitrogen and oxygen atoms in total. The number of hydrogen-bond donors (Lipinski definition) is 1. The molecule has 0 aromatic heterocycles. The van der Waals surface area contributed by atoms with Gasteiger partial charge in [-0.2, -0.15) is 0 Å². The number of piperazine rings is 1. The smallest absolute Gasteiger partial charge is 0.262 e. The molecule has 0 radical (unpaired) electrons. The molecule has 3 aromatic carbocycles. The fraction of sp³-hybridized carbons (Fsp3) is 0.477. The number of hydrogen-bond acceptors (Lipinski definition) is 9. The number of carbonyl (C=O) groups is 4. The van der Waals surface area contributed by atoms with E-state index in [1.54, 1.807) is 19.3 Å². The first-order valence-corrected chi connectivity index (χ1v) is 20.6. The van der Waals surface area contributed by atoms with Crippen LogP contribution in [0, 0.1) is 30.3 Å². The van der Waals surface area contributed by atoms with Gasteiger partial charge in [0.2, 0.25) is 11.8 Å². The molecule has 1 N–H and O–H groups in total. The first kappa shape index (κ1) is 41.5. The molecule has 60 heavy (non-hydrogen) atoms. The van der Waals surface area contributed by atoms with Crippen LogP contribution in [0.2, 0.25) is 0 Å². The van der Waals surface area contributed by atoms with E-state index >= 15 is 13.2 Å². The summed E-state index contributed by atoms with van der Waals surface area (Å²) in [5.41, 5.74) is 3.54. The molecule has 4 amide bonds. The van der Waals surface area contributed by atoms with E-state index in [0.29, 0.717) is 62.9 Å². The van der Waals surface area contributed by atoms with Gasteiger partial charge in [-0.15, -0.1) is 0 Å². The zero-order valence-corrected chi connectivity index (χ0v) is 33.8. The Morgan fingerprint density at radius 1 is 0.850 bits per heavy atom. The van der Waals surface area contributed by atoms with Gasteiger partial charge in [0.25, 0.3) is 18.2 Å². The normalized spacial score (nSPS) is 23.3. The summed E-state index contributed by atoms with van der Waals surface area (Å²) < 4.78 is 76.0. The van der Waals surface area contributed by atoms with Crippen LogP contribution < -0.4 is 15.1 Å². The minimum Gasteiger partial charge on any atom is -0.371 e. The first-order chi connectivity index (χ1) is 28.7. The lowest BCUT2D eigenvalue weighted by atomic mass is 9.81. The largest absolute Gasteiger partial charge is 0.371 e. The minimum atomic E-state index is -2.69. The number of imide groups is 2. The lowest BCUT2D eigenvalue weighted by Gasteiger charge is -2.43. The molecule has 3 aromatic rings. The number of carbonyl (C=O) groups excluding carboxylic acids is 4. The number of alkyl halides is 2. The quantitative estimate of drug-likeness (QED) is 0.171. The third kappa shape index (κ3) is 7.68. The van der Waals surface area contributed by atoms with Crippen molar-refractivity contribution in [2.24, 2.45) is 10.9 Å². The molecule has 5 heterocycles.